The van der Waals surface area contributed by atoms with Gasteiger partial charge >= 0.3 is 10.4 Å². The van der Waals surface area contributed by atoms with Crippen LogP contribution in [-0.4, -0.2) is 20.6 Å². The highest BCUT2D eigenvalue weighted by molar-refractivity contribution is 7.81. The van der Waals surface area contributed by atoms with Gasteiger partial charge in [0.2, 0.25) is 0 Å². The summed E-state index contributed by atoms with van der Waals surface area (Å²) < 4.78 is 30.6. The van der Waals surface area contributed by atoms with Crippen LogP contribution < -0.4 is 0 Å². The second kappa shape index (κ2) is 4.04. The summed E-state index contributed by atoms with van der Waals surface area (Å²) in [5, 5.41) is 0. The van der Waals surface area contributed by atoms with E-state index in [1.165, 1.54) is 0 Å². The minimum atomic E-state index is -3.78. The van der Waals surface area contributed by atoms with Crippen molar-refractivity contribution in [2.75, 3.05) is 0 Å². The zero-order valence-corrected chi connectivity index (χ0v) is 8.01. The third kappa shape index (κ3) is 6.28. The molecule has 0 aromatic heterocycles. The van der Waals surface area contributed by atoms with Crippen molar-refractivity contribution < 1.29 is 16.8 Å². The van der Waals surface area contributed by atoms with Crippen molar-refractivity contribution in [3.8, 4) is 0 Å². The van der Waals surface area contributed by atoms with Crippen LogP contribution in [0.1, 0.15) is 27.7 Å². The molecule has 0 bridgehead atoms. The zero-order valence-electron chi connectivity index (χ0n) is 7.20. The summed E-state index contributed by atoms with van der Waals surface area (Å²) in [5.41, 5.74) is 0. The molecule has 0 spiro atoms. The predicted molar refractivity (Wildman–Crippen MR) is 41.4 cm³/mol. The van der Waals surface area contributed by atoms with E-state index in [4.69, 9.17) is 0 Å². The molecule has 0 aliphatic heterocycles. The Balaban J connectivity index is 4.03. The molecule has 4 nitrogen and oxygen atoms in total. The second-order valence-electron chi connectivity index (χ2n) is 2.70. The van der Waals surface area contributed by atoms with Gasteiger partial charge in [-0.15, -0.1) is 0 Å². The highest BCUT2D eigenvalue weighted by Crippen LogP contribution is 2.03. The second-order valence-corrected chi connectivity index (χ2v) is 3.90. The van der Waals surface area contributed by atoms with Gasteiger partial charge in [-0.05, 0) is 27.7 Å². The monoisotopic (exact) mass is 182 g/mol. The molecule has 0 aliphatic rings. The standard InChI is InChI=1S/C6H14O4S/c1-5(2)9-11(7,8)10-6(3)4/h5-6H,1-4H3. The van der Waals surface area contributed by atoms with Crippen LogP contribution in [0.25, 0.3) is 0 Å². The molecule has 0 saturated heterocycles. The average Bonchev–Trinajstić information content (AvgIpc) is 1.53. The van der Waals surface area contributed by atoms with Gasteiger partial charge in [-0.1, -0.05) is 0 Å². The summed E-state index contributed by atoms with van der Waals surface area (Å²) in [5.74, 6) is 0. The summed E-state index contributed by atoms with van der Waals surface area (Å²) in [4.78, 5) is 0. The van der Waals surface area contributed by atoms with Gasteiger partial charge in [-0.25, -0.2) is 8.37 Å². The SMILES string of the molecule is CC(C)OS(=O)(=O)OC(C)C. The molecule has 0 aromatic carbocycles. The van der Waals surface area contributed by atoms with Crippen molar-refractivity contribution in [3.05, 3.63) is 0 Å². The summed E-state index contributed by atoms with van der Waals surface area (Å²) in [6.07, 6.45) is -0.752. The fourth-order valence-corrected chi connectivity index (χ4v) is 1.48. The van der Waals surface area contributed by atoms with E-state index < -0.39 is 10.4 Å². The van der Waals surface area contributed by atoms with Crippen LogP contribution in [0.15, 0.2) is 0 Å². The maximum atomic E-state index is 10.8. The number of hydrogen-bond donors (Lipinski definition) is 0. The number of hydrogen-bond acceptors (Lipinski definition) is 4. The fraction of sp³-hybridized carbons (Fsp3) is 1.00. The molecule has 0 unspecified atom stereocenters. The Hall–Kier alpha value is -0.130. The first-order valence-corrected chi connectivity index (χ1v) is 4.78. The maximum Gasteiger partial charge on any atom is 0.400 e. The lowest BCUT2D eigenvalue weighted by atomic mass is 10.5. The lowest BCUT2D eigenvalue weighted by Gasteiger charge is -2.09. The van der Waals surface area contributed by atoms with Crippen LogP contribution in [0.2, 0.25) is 0 Å². The van der Waals surface area contributed by atoms with Crippen LogP contribution in [0.3, 0.4) is 0 Å². The Labute approximate surface area is 67.8 Å². The van der Waals surface area contributed by atoms with Crippen molar-refractivity contribution in [2.24, 2.45) is 0 Å². The molecule has 0 radical (unpaired) electrons. The third-order valence-electron chi connectivity index (χ3n) is 0.621. The highest BCUT2D eigenvalue weighted by Gasteiger charge is 2.15. The van der Waals surface area contributed by atoms with Gasteiger partial charge in [0.15, 0.2) is 0 Å². The Morgan fingerprint density at radius 3 is 1.36 bits per heavy atom. The largest absolute Gasteiger partial charge is 0.400 e. The molecule has 5 heteroatoms. The van der Waals surface area contributed by atoms with Crippen LogP contribution in [-0.2, 0) is 18.8 Å². The first-order chi connectivity index (χ1) is 4.83. The van der Waals surface area contributed by atoms with Gasteiger partial charge in [-0.2, -0.15) is 8.42 Å². The maximum absolute atomic E-state index is 10.8. The van der Waals surface area contributed by atoms with Gasteiger partial charge in [0.05, 0.1) is 12.2 Å². The quantitative estimate of drug-likeness (QED) is 0.653. The molecule has 0 heterocycles. The zero-order chi connectivity index (χ0) is 9.07. The average molecular weight is 182 g/mol. The molecule has 0 rings (SSSR count). The predicted octanol–water partition coefficient (Wildman–Crippen LogP) is 1.08. The third-order valence-corrected chi connectivity index (χ3v) is 1.86. The number of rotatable bonds is 4. The van der Waals surface area contributed by atoms with Crippen LogP contribution in [0.5, 0.6) is 0 Å². The van der Waals surface area contributed by atoms with E-state index in [1.54, 1.807) is 27.7 Å². The van der Waals surface area contributed by atoms with E-state index in [-0.39, 0.29) is 12.2 Å². The Morgan fingerprint density at radius 2 is 1.18 bits per heavy atom. The summed E-state index contributed by atoms with van der Waals surface area (Å²) in [6.45, 7) is 6.50. The molecule has 0 N–H and O–H groups in total. The normalized spacial score (nSPS) is 12.9. The fourth-order valence-electron chi connectivity index (χ4n) is 0.494. The minimum Gasteiger partial charge on any atom is -0.245 e. The van der Waals surface area contributed by atoms with Crippen LogP contribution in [0.4, 0.5) is 0 Å². The van der Waals surface area contributed by atoms with Crippen molar-refractivity contribution in [3.63, 3.8) is 0 Å². The Morgan fingerprint density at radius 1 is 0.909 bits per heavy atom. The first kappa shape index (κ1) is 10.9. The molecule has 0 amide bonds. The molecular formula is C6H14O4S. The lowest BCUT2D eigenvalue weighted by Crippen LogP contribution is -2.18. The molecule has 11 heavy (non-hydrogen) atoms. The van der Waals surface area contributed by atoms with Gasteiger partial charge in [-0.3, -0.25) is 0 Å². The van der Waals surface area contributed by atoms with E-state index in [1.807, 2.05) is 0 Å². The molecule has 68 valence electrons. The molecule has 0 aromatic rings. The first-order valence-electron chi connectivity index (χ1n) is 3.45. The van der Waals surface area contributed by atoms with Crippen molar-refractivity contribution >= 4 is 10.4 Å². The molecule has 0 saturated carbocycles. The molecule has 0 atom stereocenters. The van der Waals surface area contributed by atoms with E-state index in [2.05, 4.69) is 8.37 Å². The van der Waals surface area contributed by atoms with E-state index >= 15 is 0 Å². The molecular weight excluding hydrogens is 168 g/mol. The highest BCUT2D eigenvalue weighted by atomic mass is 32.3. The van der Waals surface area contributed by atoms with Crippen molar-refractivity contribution in [2.45, 2.75) is 39.9 Å². The molecule has 0 fully saturated rings. The van der Waals surface area contributed by atoms with E-state index in [0.29, 0.717) is 0 Å². The van der Waals surface area contributed by atoms with E-state index in [0.717, 1.165) is 0 Å². The van der Waals surface area contributed by atoms with Crippen LogP contribution in [0, 0.1) is 0 Å². The van der Waals surface area contributed by atoms with Gasteiger partial charge < -0.3 is 0 Å². The smallest absolute Gasteiger partial charge is 0.245 e. The topological polar surface area (TPSA) is 52.6 Å². The van der Waals surface area contributed by atoms with Gasteiger partial charge in [0, 0.05) is 0 Å². The summed E-state index contributed by atoms with van der Waals surface area (Å²) in [7, 11) is -3.78. The van der Waals surface area contributed by atoms with Gasteiger partial charge in [0.25, 0.3) is 0 Å². The van der Waals surface area contributed by atoms with Crippen molar-refractivity contribution in [1.82, 2.24) is 0 Å². The summed E-state index contributed by atoms with van der Waals surface area (Å²) >= 11 is 0. The van der Waals surface area contributed by atoms with Crippen LogP contribution >= 0.6 is 0 Å². The minimum absolute atomic E-state index is 0.376. The Kier molecular flexibility index (Phi) is 3.99. The van der Waals surface area contributed by atoms with Gasteiger partial charge in [0.1, 0.15) is 0 Å². The molecule has 0 aliphatic carbocycles. The Bertz CT molecular complexity index is 177. The van der Waals surface area contributed by atoms with E-state index in [9.17, 15) is 8.42 Å². The van der Waals surface area contributed by atoms with Crippen molar-refractivity contribution in [1.29, 1.82) is 0 Å². The summed E-state index contributed by atoms with van der Waals surface area (Å²) in [6, 6.07) is 0. The lowest BCUT2D eigenvalue weighted by molar-refractivity contribution is 0.153.